The van der Waals surface area contributed by atoms with Crippen molar-refractivity contribution in [2.45, 2.75) is 56.0 Å². The average molecular weight is 640 g/mol. The van der Waals surface area contributed by atoms with Gasteiger partial charge in [-0.3, -0.25) is 4.90 Å². The summed E-state index contributed by atoms with van der Waals surface area (Å²) in [6, 6.07) is 1.80. The van der Waals surface area contributed by atoms with Crippen molar-refractivity contribution in [2.24, 2.45) is 0 Å². The average Bonchev–Trinajstić information content (AvgIpc) is 3.67. The predicted octanol–water partition coefficient (Wildman–Crippen LogP) is 4.99. The second-order valence-electron chi connectivity index (χ2n) is 12.0. The van der Waals surface area contributed by atoms with Crippen LogP contribution in [0.1, 0.15) is 37.7 Å². The summed E-state index contributed by atoms with van der Waals surface area (Å²) in [5.74, 6) is -0.899. The molecule has 9 nitrogen and oxygen atoms in total. The molecule has 3 fully saturated rings. The normalized spacial score (nSPS) is 25.6. The minimum absolute atomic E-state index is 0.0187. The number of benzene rings is 1. The van der Waals surface area contributed by atoms with Crippen molar-refractivity contribution in [3.05, 3.63) is 28.5 Å². The summed E-state index contributed by atoms with van der Waals surface area (Å²) < 4.78 is 85.8. The number of fused-ring (bicyclic) bond motifs is 1. The van der Waals surface area contributed by atoms with Gasteiger partial charge in [-0.2, -0.15) is 23.1 Å². The minimum atomic E-state index is -4.94. The number of nitrogens with one attached hydrogen (secondary N) is 1. The van der Waals surface area contributed by atoms with Crippen molar-refractivity contribution in [3.8, 4) is 23.1 Å². The van der Waals surface area contributed by atoms with Crippen molar-refractivity contribution >= 4 is 34.0 Å². The lowest BCUT2D eigenvalue weighted by Crippen LogP contribution is -2.43. The van der Waals surface area contributed by atoms with E-state index >= 15 is 4.39 Å². The molecular formula is C29H31ClF5N7O2. The number of rotatable bonds is 5. The predicted molar refractivity (Wildman–Crippen MR) is 154 cm³/mol. The Morgan fingerprint density at radius 1 is 1.18 bits per heavy atom. The van der Waals surface area contributed by atoms with Crippen molar-refractivity contribution in [1.29, 1.82) is 0 Å². The molecule has 44 heavy (non-hydrogen) atoms. The molecule has 3 saturated heterocycles. The number of nitrogens with zero attached hydrogens (tertiary/aromatic N) is 5. The second kappa shape index (κ2) is 11.0. The van der Waals surface area contributed by atoms with Crippen LogP contribution in [0.4, 0.5) is 33.5 Å². The first-order valence-electron chi connectivity index (χ1n) is 14.7. The number of pyridine rings is 1. The summed E-state index contributed by atoms with van der Waals surface area (Å²) in [4.78, 5) is 17.5. The molecule has 0 aliphatic carbocycles. The van der Waals surface area contributed by atoms with E-state index in [0.717, 1.165) is 44.5 Å². The van der Waals surface area contributed by atoms with E-state index in [0.29, 0.717) is 38.3 Å². The van der Waals surface area contributed by atoms with Crippen LogP contribution in [0.2, 0.25) is 5.02 Å². The fourth-order valence-corrected chi connectivity index (χ4v) is 7.51. The monoisotopic (exact) mass is 639 g/mol. The van der Waals surface area contributed by atoms with Crippen LogP contribution >= 0.6 is 11.6 Å². The molecule has 3 aromatic rings. The number of hydrogen-bond donors (Lipinski definition) is 2. The van der Waals surface area contributed by atoms with Crippen molar-refractivity contribution in [1.82, 2.24) is 25.2 Å². The lowest BCUT2D eigenvalue weighted by Gasteiger charge is -2.33. The maximum absolute atomic E-state index is 16.6. The Labute approximate surface area is 254 Å². The summed E-state index contributed by atoms with van der Waals surface area (Å²) in [7, 11) is 0. The third-order valence-corrected chi connectivity index (χ3v) is 9.42. The number of nitrogens with two attached hydrogens (primary N) is 1. The van der Waals surface area contributed by atoms with E-state index in [-0.39, 0.29) is 47.7 Å². The van der Waals surface area contributed by atoms with Crippen molar-refractivity contribution in [3.63, 3.8) is 0 Å². The van der Waals surface area contributed by atoms with E-state index < -0.39 is 45.5 Å². The molecule has 1 aromatic carbocycles. The Bertz CT molecular complexity index is 1610. The van der Waals surface area contributed by atoms with Gasteiger partial charge in [-0.1, -0.05) is 11.6 Å². The number of hydrogen-bond acceptors (Lipinski definition) is 9. The zero-order valence-electron chi connectivity index (χ0n) is 23.7. The molecule has 4 aliphatic rings. The quantitative estimate of drug-likeness (QED) is 0.295. The van der Waals surface area contributed by atoms with E-state index in [9.17, 15) is 17.6 Å². The molecule has 4 aliphatic heterocycles. The van der Waals surface area contributed by atoms with E-state index in [1.54, 1.807) is 0 Å². The maximum atomic E-state index is 16.6. The van der Waals surface area contributed by atoms with Gasteiger partial charge in [-0.15, -0.1) is 0 Å². The molecule has 0 amide bonds. The van der Waals surface area contributed by atoms with E-state index in [4.69, 9.17) is 31.8 Å². The van der Waals surface area contributed by atoms with Gasteiger partial charge in [0.25, 0.3) is 0 Å². The molecule has 0 unspecified atom stereocenters. The first-order valence-corrected chi connectivity index (χ1v) is 15.1. The Balaban J connectivity index is 1.42. The highest BCUT2D eigenvalue weighted by atomic mass is 35.5. The van der Waals surface area contributed by atoms with Gasteiger partial charge in [0.05, 0.1) is 22.7 Å². The van der Waals surface area contributed by atoms with E-state index in [1.165, 1.54) is 0 Å². The van der Waals surface area contributed by atoms with Gasteiger partial charge in [0, 0.05) is 43.3 Å². The van der Waals surface area contributed by atoms with Gasteiger partial charge in [0.2, 0.25) is 5.88 Å². The third-order valence-electron chi connectivity index (χ3n) is 9.12. The van der Waals surface area contributed by atoms with Crippen LogP contribution in [0.25, 0.3) is 22.2 Å². The zero-order chi connectivity index (χ0) is 30.8. The Morgan fingerprint density at radius 3 is 2.80 bits per heavy atom. The second-order valence-corrected chi connectivity index (χ2v) is 12.4. The topological polar surface area (TPSA) is 102 Å². The smallest absolute Gasteiger partial charge is 0.418 e. The molecule has 236 valence electrons. The SMILES string of the molecule is Nc1cc(Cl)c(C(F)(F)F)c(-c2nc3c4c(nc(OC[C@@]56CCCN5C[C@H](F)C6)nc4c2F)N([C@@H]2CCNC2)CCCO3)c1. The summed E-state index contributed by atoms with van der Waals surface area (Å²) in [6.07, 6.45) is -2.60. The largest absolute Gasteiger partial charge is 0.477 e. The van der Waals surface area contributed by atoms with Crippen LogP contribution < -0.4 is 25.4 Å². The number of nitrogen functional groups attached to an aromatic ring is 1. The van der Waals surface area contributed by atoms with Crippen LogP contribution in [0.15, 0.2) is 12.1 Å². The lowest BCUT2D eigenvalue weighted by atomic mass is 9.95. The summed E-state index contributed by atoms with van der Waals surface area (Å²) in [5, 5.41) is 2.78. The molecule has 0 radical (unpaired) electrons. The number of anilines is 2. The fraction of sp³-hybridized carbons (Fsp3) is 0.552. The minimum Gasteiger partial charge on any atom is -0.477 e. The van der Waals surface area contributed by atoms with Gasteiger partial charge in [-0.25, -0.2) is 13.8 Å². The molecular weight excluding hydrogens is 609 g/mol. The van der Waals surface area contributed by atoms with E-state index in [1.807, 2.05) is 4.90 Å². The van der Waals surface area contributed by atoms with Crippen LogP contribution in [0, 0.1) is 5.82 Å². The molecule has 15 heteroatoms. The van der Waals surface area contributed by atoms with Crippen LogP contribution in [0.3, 0.4) is 0 Å². The molecule has 6 heterocycles. The van der Waals surface area contributed by atoms with Crippen LogP contribution in [-0.2, 0) is 6.18 Å². The maximum Gasteiger partial charge on any atom is 0.418 e. The summed E-state index contributed by atoms with van der Waals surface area (Å²) in [6.45, 7) is 3.34. The highest BCUT2D eigenvalue weighted by Gasteiger charge is 2.49. The van der Waals surface area contributed by atoms with Crippen molar-refractivity contribution in [2.75, 3.05) is 56.6 Å². The van der Waals surface area contributed by atoms with Crippen molar-refractivity contribution < 1.29 is 31.4 Å². The van der Waals surface area contributed by atoms with Crippen LogP contribution in [-0.4, -0.2) is 83.5 Å². The molecule has 0 saturated carbocycles. The molecule has 3 N–H and O–H groups in total. The fourth-order valence-electron chi connectivity index (χ4n) is 7.18. The van der Waals surface area contributed by atoms with E-state index in [2.05, 4.69) is 20.2 Å². The Hall–Kier alpha value is -3.23. The first-order chi connectivity index (χ1) is 21.0. The Morgan fingerprint density at radius 2 is 2.02 bits per heavy atom. The number of halogens is 6. The number of alkyl halides is 4. The summed E-state index contributed by atoms with van der Waals surface area (Å²) in [5.41, 5.74) is 2.38. The number of aromatic nitrogens is 3. The van der Waals surface area contributed by atoms with Gasteiger partial charge >= 0.3 is 12.2 Å². The lowest BCUT2D eigenvalue weighted by molar-refractivity contribution is -0.137. The van der Waals surface area contributed by atoms with Gasteiger partial charge in [-0.05, 0) is 50.9 Å². The zero-order valence-corrected chi connectivity index (χ0v) is 24.4. The molecule has 0 bridgehead atoms. The van der Waals surface area contributed by atoms with Gasteiger partial charge in [0.1, 0.15) is 35.2 Å². The van der Waals surface area contributed by atoms with Gasteiger partial charge < -0.3 is 25.4 Å². The van der Waals surface area contributed by atoms with Crippen LogP contribution in [0.5, 0.6) is 11.9 Å². The molecule has 3 atom stereocenters. The molecule has 0 spiro atoms. The number of ether oxygens (including phenoxy) is 2. The van der Waals surface area contributed by atoms with Gasteiger partial charge in [0.15, 0.2) is 5.82 Å². The summed E-state index contributed by atoms with van der Waals surface area (Å²) >= 11 is 6.00. The Kier molecular flexibility index (Phi) is 7.36. The molecule has 7 rings (SSSR count). The highest BCUT2D eigenvalue weighted by Crippen LogP contribution is 2.46. The third kappa shape index (κ3) is 5.04. The highest BCUT2D eigenvalue weighted by molar-refractivity contribution is 6.32. The molecule has 2 aromatic heterocycles. The standard InChI is InChI=1S/C29H31ClF5N7O2/c30-19-10-16(36)9-18(21(19)29(33,34)35)23-22(32)24-20-25(42(17-3-5-37-12-17)7-2-8-43-26(20)38-23)40-27(39-24)44-14-28-4-1-6-41(28)13-15(31)11-28/h9-10,15,17,37H,1-8,11-14,36H2/t15-,17-,28+/m1/s1. The first kappa shape index (κ1) is 29.5.